The Hall–Kier alpha value is -2.02. The van der Waals surface area contributed by atoms with Gasteiger partial charge in [-0.3, -0.25) is 4.72 Å². The van der Waals surface area contributed by atoms with Crippen LogP contribution in [0.3, 0.4) is 0 Å². The third kappa shape index (κ3) is 2.56. The normalized spacial score (nSPS) is 11.4. The second kappa shape index (κ2) is 4.10. The molecule has 0 saturated carbocycles. The molecule has 0 atom stereocenters. The Morgan fingerprint density at radius 2 is 2.00 bits per heavy atom. The molecule has 2 rings (SSSR count). The van der Waals surface area contributed by atoms with Gasteiger partial charge in [0.15, 0.2) is 0 Å². The molecule has 7 heteroatoms. The summed E-state index contributed by atoms with van der Waals surface area (Å²) in [5.41, 5.74) is 7.21. The van der Waals surface area contributed by atoms with Crippen LogP contribution in [0.4, 0.5) is 11.6 Å². The Balaban J connectivity index is 2.52. The summed E-state index contributed by atoms with van der Waals surface area (Å²) >= 11 is 0. The topological polar surface area (TPSA) is 98.2 Å². The fraction of sp³-hybridized carbons (Fsp3) is 0.100. The van der Waals surface area contributed by atoms with E-state index in [0.29, 0.717) is 16.8 Å². The highest BCUT2D eigenvalue weighted by molar-refractivity contribution is 7.92. The van der Waals surface area contributed by atoms with Gasteiger partial charge >= 0.3 is 0 Å². The van der Waals surface area contributed by atoms with Crippen molar-refractivity contribution in [1.29, 1.82) is 0 Å². The van der Waals surface area contributed by atoms with E-state index in [0.717, 1.165) is 6.26 Å². The van der Waals surface area contributed by atoms with E-state index in [-0.39, 0.29) is 5.88 Å². The first-order valence-electron chi connectivity index (χ1n) is 4.75. The van der Waals surface area contributed by atoms with Crippen LogP contribution in [0.2, 0.25) is 0 Å². The molecule has 0 aliphatic rings. The van der Waals surface area contributed by atoms with Crippen LogP contribution in [-0.4, -0.2) is 19.8 Å². The number of hydrogen-bond acceptors (Lipinski definition) is 5. The Kier molecular flexibility index (Phi) is 2.76. The van der Waals surface area contributed by atoms with E-state index in [1.807, 2.05) is 0 Å². The van der Waals surface area contributed by atoms with Crippen molar-refractivity contribution in [2.45, 2.75) is 0 Å². The van der Waals surface area contributed by atoms with Crippen molar-refractivity contribution < 1.29 is 12.9 Å². The molecule has 0 radical (unpaired) electrons. The van der Waals surface area contributed by atoms with Crippen molar-refractivity contribution in [3.63, 3.8) is 0 Å². The van der Waals surface area contributed by atoms with Gasteiger partial charge in [-0.25, -0.2) is 8.42 Å². The maximum Gasteiger partial charge on any atom is 0.230 e. The molecule has 1 heterocycles. The van der Waals surface area contributed by atoms with Crippen LogP contribution in [0.25, 0.3) is 11.1 Å². The lowest BCUT2D eigenvalue weighted by atomic mass is 10.1. The van der Waals surface area contributed by atoms with Gasteiger partial charge in [-0.1, -0.05) is 23.4 Å². The van der Waals surface area contributed by atoms with E-state index in [4.69, 9.17) is 10.3 Å². The standard InChI is InChI=1S/C10H11N3O3S/c1-17(14,15)13-9-5-3-2-4-7(9)8-6-12-16-10(8)11/h2-6,13H,11H2,1H3. The van der Waals surface area contributed by atoms with Crippen molar-refractivity contribution in [3.05, 3.63) is 30.5 Å². The summed E-state index contributed by atoms with van der Waals surface area (Å²) in [5, 5.41) is 3.56. The van der Waals surface area contributed by atoms with Gasteiger partial charge in [0.05, 0.1) is 23.7 Å². The lowest BCUT2D eigenvalue weighted by Gasteiger charge is -2.08. The Morgan fingerprint density at radius 1 is 1.29 bits per heavy atom. The number of para-hydroxylation sites is 1. The van der Waals surface area contributed by atoms with Crippen LogP contribution in [0.1, 0.15) is 0 Å². The number of hydrogen-bond donors (Lipinski definition) is 2. The van der Waals surface area contributed by atoms with Gasteiger partial charge in [-0.05, 0) is 6.07 Å². The molecule has 2 aromatic rings. The molecule has 90 valence electrons. The Bertz CT molecular complexity index is 634. The minimum Gasteiger partial charge on any atom is -0.367 e. The molecule has 0 aliphatic heterocycles. The molecule has 0 spiro atoms. The zero-order valence-corrected chi connectivity index (χ0v) is 9.86. The minimum atomic E-state index is -3.35. The molecule has 0 amide bonds. The van der Waals surface area contributed by atoms with Crippen molar-refractivity contribution >= 4 is 21.6 Å². The fourth-order valence-corrected chi connectivity index (χ4v) is 2.04. The maximum atomic E-state index is 11.2. The lowest BCUT2D eigenvalue weighted by molar-refractivity contribution is 0.436. The number of nitrogens with one attached hydrogen (secondary N) is 1. The summed E-state index contributed by atoms with van der Waals surface area (Å²) in [6, 6.07) is 6.87. The minimum absolute atomic E-state index is 0.146. The second-order valence-electron chi connectivity index (χ2n) is 3.52. The van der Waals surface area contributed by atoms with Crippen molar-refractivity contribution in [2.24, 2.45) is 0 Å². The van der Waals surface area contributed by atoms with Gasteiger partial charge in [0, 0.05) is 5.56 Å². The summed E-state index contributed by atoms with van der Waals surface area (Å²) in [5.74, 6) is 0.146. The molecule has 17 heavy (non-hydrogen) atoms. The first kappa shape index (κ1) is 11.5. The summed E-state index contributed by atoms with van der Waals surface area (Å²) in [4.78, 5) is 0. The number of benzene rings is 1. The van der Waals surface area contributed by atoms with E-state index in [2.05, 4.69) is 9.88 Å². The molecule has 0 saturated heterocycles. The van der Waals surface area contributed by atoms with Crippen LogP contribution in [0, 0.1) is 0 Å². The van der Waals surface area contributed by atoms with Gasteiger partial charge < -0.3 is 10.3 Å². The van der Waals surface area contributed by atoms with Crippen molar-refractivity contribution in [2.75, 3.05) is 16.7 Å². The number of nitrogens with zero attached hydrogens (tertiary/aromatic N) is 1. The van der Waals surface area contributed by atoms with E-state index in [1.54, 1.807) is 24.3 Å². The zero-order chi connectivity index (χ0) is 12.5. The molecular weight excluding hydrogens is 242 g/mol. The molecule has 0 fully saturated rings. The van der Waals surface area contributed by atoms with Crippen molar-refractivity contribution in [3.8, 4) is 11.1 Å². The molecule has 0 unspecified atom stereocenters. The predicted octanol–water partition coefficient (Wildman–Crippen LogP) is 1.30. The zero-order valence-electron chi connectivity index (χ0n) is 9.04. The predicted molar refractivity (Wildman–Crippen MR) is 64.8 cm³/mol. The number of nitrogen functional groups attached to an aromatic ring is 1. The van der Waals surface area contributed by atoms with Crippen LogP contribution < -0.4 is 10.5 Å². The molecule has 0 bridgehead atoms. The number of rotatable bonds is 3. The highest BCUT2D eigenvalue weighted by Gasteiger charge is 2.13. The highest BCUT2D eigenvalue weighted by atomic mass is 32.2. The summed E-state index contributed by atoms with van der Waals surface area (Å²) in [7, 11) is -3.35. The molecule has 1 aromatic carbocycles. The maximum absolute atomic E-state index is 11.2. The van der Waals surface area contributed by atoms with Gasteiger partial charge in [-0.2, -0.15) is 0 Å². The lowest BCUT2D eigenvalue weighted by Crippen LogP contribution is -2.10. The van der Waals surface area contributed by atoms with Crippen LogP contribution in [0.15, 0.2) is 35.0 Å². The molecule has 1 aromatic heterocycles. The van der Waals surface area contributed by atoms with Gasteiger partial charge in [0.1, 0.15) is 0 Å². The fourth-order valence-electron chi connectivity index (χ4n) is 1.46. The largest absolute Gasteiger partial charge is 0.367 e. The van der Waals surface area contributed by atoms with E-state index in [9.17, 15) is 8.42 Å². The van der Waals surface area contributed by atoms with Gasteiger partial charge in [0.2, 0.25) is 15.9 Å². The third-order valence-corrected chi connectivity index (χ3v) is 2.70. The first-order valence-corrected chi connectivity index (χ1v) is 6.64. The van der Waals surface area contributed by atoms with E-state index < -0.39 is 10.0 Å². The Labute approximate surface area is 98.5 Å². The number of sulfonamides is 1. The van der Waals surface area contributed by atoms with Crippen molar-refractivity contribution in [1.82, 2.24) is 5.16 Å². The molecular formula is C10H11N3O3S. The second-order valence-corrected chi connectivity index (χ2v) is 5.27. The van der Waals surface area contributed by atoms with E-state index in [1.165, 1.54) is 6.20 Å². The Morgan fingerprint density at radius 3 is 2.59 bits per heavy atom. The average molecular weight is 253 g/mol. The molecule has 0 aliphatic carbocycles. The summed E-state index contributed by atoms with van der Waals surface area (Å²) in [6.07, 6.45) is 2.53. The SMILES string of the molecule is CS(=O)(=O)Nc1ccccc1-c1cnoc1N. The molecule has 3 N–H and O–H groups in total. The summed E-state index contributed by atoms with van der Waals surface area (Å²) < 4.78 is 29.6. The van der Waals surface area contributed by atoms with E-state index >= 15 is 0 Å². The van der Waals surface area contributed by atoms with Crippen LogP contribution in [0.5, 0.6) is 0 Å². The number of nitrogens with two attached hydrogens (primary N) is 1. The quantitative estimate of drug-likeness (QED) is 0.859. The summed E-state index contributed by atoms with van der Waals surface area (Å²) in [6.45, 7) is 0. The molecule has 6 nitrogen and oxygen atoms in total. The smallest absolute Gasteiger partial charge is 0.230 e. The average Bonchev–Trinajstić information content (AvgIpc) is 2.63. The van der Waals surface area contributed by atoms with Gasteiger partial charge in [-0.15, -0.1) is 0 Å². The number of aromatic nitrogens is 1. The number of anilines is 2. The van der Waals surface area contributed by atoms with Gasteiger partial charge in [0.25, 0.3) is 0 Å². The monoisotopic (exact) mass is 253 g/mol. The first-order chi connectivity index (χ1) is 7.97. The highest BCUT2D eigenvalue weighted by Crippen LogP contribution is 2.32. The third-order valence-electron chi connectivity index (χ3n) is 2.11. The van der Waals surface area contributed by atoms with Crippen LogP contribution >= 0.6 is 0 Å². The van der Waals surface area contributed by atoms with Crippen LogP contribution in [-0.2, 0) is 10.0 Å².